The molecule has 0 spiro atoms. The average molecular weight is 205 g/mol. The predicted octanol–water partition coefficient (Wildman–Crippen LogP) is 2.55. The number of ether oxygens (including phenoxy) is 1. The van der Waals surface area contributed by atoms with Gasteiger partial charge in [0, 0.05) is 18.0 Å². The van der Waals surface area contributed by atoms with Gasteiger partial charge in [-0.3, -0.25) is 0 Å². The number of hydrogen-bond acceptors (Lipinski definition) is 2. The van der Waals surface area contributed by atoms with E-state index in [4.69, 9.17) is 4.74 Å². The largest absolute Gasteiger partial charge is 0.496 e. The Labute approximate surface area is 91.6 Å². The molecule has 2 rings (SSSR count). The van der Waals surface area contributed by atoms with E-state index >= 15 is 0 Å². The van der Waals surface area contributed by atoms with Gasteiger partial charge in [0.25, 0.3) is 0 Å². The van der Waals surface area contributed by atoms with Gasteiger partial charge in [0.1, 0.15) is 5.75 Å². The fraction of sp³-hybridized carbons (Fsp3) is 0.538. The van der Waals surface area contributed by atoms with Gasteiger partial charge in [-0.2, -0.15) is 0 Å². The summed E-state index contributed by atoms with van der Waals surface area (Å²) >= 11 is 0. The molecule has 1 saturated heterocycles. The second kappa shape index (κ2) is 3.86. The van der Waals surface area contributed by atoms with Crippen LogP contribution < -0.4 is 10.1 Å². The van der Waals surface area contributed by atoms with Gasteiger partial charge in [-0.05, 0) is 31.9 Å². The van der Waals surface area contributed by atoms with Crippen molar-refractivity contribution in [2.45, 2.75) is 31.7 Å². The molecule has 0 bridgehead atoms. The van der Waals surface area contributed by atoms with Crippen LogP contribution in [-0.2, 0) is 0 Å². The summed E-state index contributed by atoms with van der Waals surface area (Å²) < 4.78 is 5.40. The highest BCUT2D eigenvalue weighted by molar-refractivity contribution is 5.37. The summed E-state index contributed by atoms with van der Waals surface area (Å²) in [5.74, 6) is 1.60. The fourth-order valence-corrected chi connectivity index (χ4v) is 2.38. The lowest BCUT2D eigenvalue weighted by atomic mass is 9.91. The van der Waals surface area contributed by atoms with Crippen LogP contribution >= 0.6 is 0 Å². The first-order valence-electron chi connectivity index (χ1n) is 5.50. The Morgan fingerprint density at radius 1 is 1.33 bits per heavy atom. The van der Waals surface area contributed by atoms with E-state index in [0.29, 0.717) is 5.92 Å². The van der Waals surface area contributed by atoms with Gasteiger partial charge in [-0.15, -0.1) is 0 Å². The molecule has 1 unspecified atom stereocenters. The van der Waals surface area contributed by atoms with E-state index in [0.717, 1.165) is 12.3 Å². The molecule has 1 aliphatic heterocycles. The summed E-state index contributed by atoms with van der Waals surface area (Å²) in [5, 5.41) is 3.54. The van der Waals surface area contributed by atoms with Gasteiger partial charge in [-0.1, -0.05) is 18.2 Å². The second-order valence-corrected chi connectivity index (χ2v) is 4.91. The molecule has 1 aromatic carbocycles. The molecule has 1 aliphatic rings. The minimum Gasteiger partial charge on any atom is -0.496 e. The van der Waals surface area contributed by atoms with E-state index in [1.807, 2.05) is 12.1 Å². The van der Waals surface area contributed by atoms with E-state index in [1.54, 1.807) is 7.11 Å². The average Bonchev–Trinajstić information content (AvgIpc) is 2.59. The minimum atomic E-state index is 0.255. The Balaban J connectivity index is 2.23. The van der Waals surface area contributed by atoms with Crippen LogP contribution in [0.1, 0.15) is 31.7 Å². The van der Waals surface area contributed by atoms with Crippen LogP contribution in [0.25, 0.3) is 0 Å². The molecule has 15 heavy (non-hydrogen) atoms. The first kappa shape index (κ1) is 10.5. The van der Waals surface area contributed by atoms with Crippen LogP contribution in [-0.4, -0.2) is 19.2 Å². The summed E-state index contributed by atoms with van der Waals surface area (Å²) in [6.07, 6.45) is 1.17. The van der Waals surface area contributed by atoms with Gasteiger partial charge < -0.3 is 10.1 Å². The van der Waals surface area contributed by atoms with Gasteiger partial charge in [0.2, 0.25) is 0 Å². The highest BCUT2D eigenvalue weighted by atomic mass is 16.5. The number of benzene rings is 1. The summed E-state index contributed by atoms with van der Waals surface area (Å²) in [7, 11) is 1.74. The van der Waals surface area contributed by atoms with E-state index in [1.165, 1.54) is 12.0 Å². The lowest BCUT2D eigenvalue weighted by molar-refractivity contribution is 0.404. The van der Waals surface area contributed by atoms with Gasteiger partial charge in [-0.25, -0.2) is 0 Å². The molecule has 1 atom stereocenters. The molecule has 2 heteroatoms. The molecule has 2 nitrogen and oxygen atoms in total. The van der Waals surface area contributed by atoms with Crippen molar-refractivity contribution in [3.63, 3.8) is 0 Å². The first-order chi connectivity index (χ1) is 7.12. The van der Waals surface area contributed by atoms with E-state index < -0.39 is 0 Å². The van der Waals surface area contributed by atoms with Crippen molar-refractivity contribution in [1.82, 2.24) is 5.32 Å². The maximum absolute atomic E-state index is 5.40. The fourth-order valence-electron chi connectivity index (χ4n) is 2.38. The van der Waals surface area contributed by atoms with Crippen molar-refractivity contribution >= 4 is 0 Å². The summed E-state index contributed by atoms with van der Waals surface area (Å²) in [5.41, 5.74) is 1.59. The van der Waals surface area contributed by atoms with Crippen molar-refractivity contribution in [2.75, 3.05) is 13.7 Å². The molecule has 0 aliphatic carbocycles. The van der Waals surface area contributed by atoms with Crippen molar-refractivity contribution in [1.29, 1.82) is 0 Å². The molecule has 1 heterocycles. The highest BCUT2D eigenvalue weighted by Gasteiger charge is 2.32. The first-order valence-corrected chi connectivity index (χ1v) is 5.50. The standard InChI is InChI=1S/C13H19NO/c1-13(2)8-10(9-14-13)11-6-4-5-7-12(11)15-3/h4-7,10,14H,8-9H2,1-3H3. The van der Waals surface area contributed by atoms with Crippen LogP contribution in [0, 0.1) is 0 Å². The number of nitrogens with one attached hydrogen (secondary N) is 1. The Hall–Kier alpha value is -1.02. The Morgan fingerprint density at radius 2 is 2.07 bits per heavy atom. The minimum absolute atomic E-state index is 0.255. The normalized spacial score (nSPS) is 24.1. The van der Waals surface area contributed by atoms with Crippen LogP contribution in [0.15, 0.2) is 24.3 Å². The quantitative estimate of drug-likeness (QED) is 0.801. The van der Waals surface area contributed by atoms with Gasteiger partial charge in [0.05, 0.1) is 7.11 Å². The van der Waals surface area contributed by atoms with E-state index in [9.17, 15) is 0 Å². The maximum Gasteiger partial charge on any atom is 0.122 e. The van der Waals surface area contributed by atoms with Crippen molar-refractivity contribution in [3.05, 3.63) is 29.8 Å². The molecule has 1 fully saturated rings. The Kier molecular flexibility index (Phi) is 2.70. The number of rotatable bonds is 2. The topological polar surface area (TPSA) is 21.3 Å². The molecule has 1 aromatic rings. The van der Waals surface area contributed by atoms with Crippen LogP contribution in [0.4, 0.5) is 0 Å². The number of para-hydroxylation sites is 1. The predicted molar refractivity (Wildman–Crippen MR) is 62.4 cm³/mol. The second-order valence-electron chi connectivity index (χ2n) is 4.91. The van der Waals surface area contributed by atoms with Crippen LogP contribution in [0.3, 0.4) is 0 Å². The monoisotopic (exact) mass is 205 g/mol. The highest BCUT2D eigenvalue weighted by Crippen LogP contribution is 2.35. The molecule has 1 N–H and O–H groups in total. The van der Waals surface area contributed by atoms with Crippen LogP contribution in [0.5, 0.6) is 5.75 Å². The summed E-state index contributed by atoms with van der Waals surface area (Å²) in [6.45, 7) is 5.55. The van der Waals surface area contributed by atoms with E-state index in [-0.39, 0.29) is 5.54 Å². The van der Waals surface area contributed by atoms with E-state index in [2.05, 4.69) is 31.3 Å². The third-order valence-electron chi connectivity index (χ3n) is 3.16. The van der Waals surface area contributed by atoms with Crippen molar-refractivity contribution in [3.8, 4) is 5.75 Å². The molecule has 82 valence electrons. The molecular weight excluding hydrogens is 186 g/mol. The summed E-state index contributed by atoms with van der Waals surface area (Å²) in [4.78, 5) is 0. The Bertz CT molecular complexity index is 346. The number of methoxy groups -OCH3 is 1. The zero-order valence-electron chi connectivity index (χ0n) is 9.71. The molecule has 0 radical (unpaired) electrons. The van der Waals surface area contributed by atoms with Crippen molar-refractivity contribution < 1.29 is 4.74 Å². The zero-order valence-corrected chi connectivity index (χ0v) is 9.71. The maximum atomic E-state index is 5.40. The smallest absolute Gasteiger partial charge is 0.122 e. The lowest BCUT2D eigenvalue weighted by Crippen LogP contribution is -2.31. The van der Waals surface area contributed by atoms with Crippen LogP contribution in [0.2, 0.25) is 0 Å². The third-order valence-corrected chi connectivity index (χ3v) is 3.16. The lowest BCUT2D eigenvalue weighted by Gasteiger charge is -2.18. The SMILES string of the molecule is COc1ccccc1C1CNC(C)(C)C1. The molecular formula is C13H19NO. The molecule has 0 amide bonds. The summed E-state index contributed by atoms with van der Waals surface area (Å²) in [6, 6.07) is 8.33. The Morgan fingerprint density at radius 3 is 2.67 bits per heavy atom. The third kappa shape index (κ3) is 2.15. The molecule has 0 saturated carbocycles. The van der Waals surface area contributed by atoms with Crippen molar-refractivity contribution in [2.24, 2.45) is 0 Å². The van der Waals surface area contributed by atoms with Gasteiger partial charge >= 0.3 is 0 Å². The zero-order chi connectivity index (χ0) is 10.9. The van der Waals surface area contributed by atoms with Gasteiger partial charge in [0.15, 0.2) is 0 Å². The number of hydrogen-bond donors (Lipinski definition) is 1. The molecule has 0 aromatic heterocycles.